The van der Waals surface area contributed by atoms with Crippen LogP contribution in [0, 0.1) is 0 Å². The molecule has 5 heteroatoms. The molecule has 142 valence electrons. The first kappa shape index (κ1) is 19.5. The van der Waals surface area contributed by atoms with Gasteiger partial charge < -0.3 is 4.74 Å². The van der Waals surface area contributed by atoms with E-state index in [1.807, 2.05) is 63.2 Å². The molecule has 0 aromatic heterocycles. The molecule has 1 heterocycles. The average molecular weight is 384 g/mol. The zero-order chi connectivity index (χ0) is 19.6. The second-order valence-corrected chi connectivity index (χ2v) is 7.84. The fourth-order valence-corrected chi connectivity index (χ4v) is 3.91. The quantitative estimate of drug-likeness (QED) is 0.587. The number of benzene rings is 2. The second kappa shape index (κ2) is 8.17. The van der Waals surface area contributed by atoms with Crippen LogP contribution in [0.2, 0.25) is 0 Å². The summed E-state index contributed by atoms with van der Waals surface area (Å²) in [6, 6.07) is 11.9. The topological polar surface area (TPSA) is 46.6 Å². The molecule has 0 spiro atoms. The van der Waals surface area contributed by atoms with Gasteiger partial charge in [0, 0.05) is 11.6 Å². The van der Waals surface area contributed by atoms with Gasteiger partial charge in [-0.2, -0.15) is 0 Å². The van der Waals surface area contributed by atoms with E-state index in [9.17, 15) is 9.59 Å². The van der Waals surface area contributed by atoms with E-state index in [2.05, 4.69) is 6.92 Å². The van der Waals surface area contributed by atoms with Crippen molar-refractivity contribution < 1.29 is 14.3 Å². The molecule has 1 aliphatic heterocycles. The Morgan fingerprint density at radius 3 is 2.52 bits per heavy atom. The highest BCUT2D eigenvalue weighted by Gasteiger charge is 2.37. The number of amides is 2. The van der Waals surface area contributed by atoms with Gasteiger partial charge >= 0.3 is 0 Å². The largest absolute Gasteiger partial charge is 0.490 e. The standard InChI is InChI=1S/C22H25NO3S/c1-5-14(3)23-21(24)20(27-22(23)25)13-18-17-10-8-7-9-16(17)11-12-19(18)26-15(4)6-2/h7-15H,5-6H2,1-4H3/b20-13+/t14-,15-/m0/s1. The van der Waals surface area contributed by atoms with Gasteiger partial charge in [0.25, 0.3) is 11.1 Å². The van der Waals surface area contributed by atoms with Crippen LogP contribution in [-0.2, 0) is 4.79 Å². The van der Waals surface area contributed by atoms with E-state index in [-0.39, 0.29) is 23.3 Å². The van der Waals surface area contributed by atoms with Crippen LogP contribution in [0.3, 0.4) is 0 Å². The van der Waals surface area contributed by atoms with Crippen molar-refractivity contribution in [3.8, 4) is 5.75 Å². The normalized spacial score (nSPS) is 18.4. The van der Waals surface area contributed by atoms with Gasteiger partial charge in [0.1, 0.15) is 5.75 Å². The minimum absolute atomic E-state index is 0.0634. The molecular weight excluding hydrogens is 358 g/mol. The molecule has 3 rings (SSSR count). The Balaban J connectivity index is 2.10. The number of nitrogens with zero attached hydrogens (tertiary/aromatic N) is 1. The smallest absolute Gasteiger partial charge is 0.293 e. The third kappa shape index (κ3) is 3.88. The van der Waals surface area contributed by atoms with Crippen molar-refractivity contribution in [2.45, 2.75) is 52.7 Å². The highest BCUT2D eigenvalue weighted by molar-refractivity contribution is 8.18. The first-order valence-corrected chi connectivity index (χ1v) is 10.2. The lowest BCUT2D eigenvalue weighted by Crippen LogP contribution is -2.36. The molecule has 1 aliphatic rings. The summed E-state index contributed by atoms with van der Waals surface area (Å²) >= 11 is 1.01. The van der Waals surface area contributed by atoms with Crippen molar-refractivity contribution >= 4 is 39.8 Å². The van der Waals surface area contributed by atoms with E-state index >= 15 is 0 Å². The molecule has 0 aliphatic carbocycles. The van der Waals surface area contributed by atoms with Gasteiger partial charge in [-0.1, -0.05) is 44.2 Å². The van der Waals surface area contributed by atoms with E-state index in [1.54, 1.807) is 0 Å². The summed E-state index contributed by atoms with van der Waals surface area (Å²) in [6.07, 6.45) is 3.50. The van der Waals surface area contributed by atoms with Gasteiger partial charge in [0.15, 0.2) is 0 Å². The number of hydrogen-bond donors (Lipinski definition) is 0. The molecule has 0 N–H and O–H groups in total. The van der Waals surface area contributed by atoms with Crippen LogP contribution < -0.4 is 4.74 Å². The predicted molar refractivity (Wildman–Crippen MR) is 112 cm³/mol. The van der Waals surface area contributed by atoms with Crippen molar-refractivity contribution in [1.29, 1.82) is 0 Å². The molecule has 2 aromatic rings. The fraction of sp³-hybridized carbons (Fsp3) is 0.364. The predicted octanol–water partition coefficient (Wildman–Crippen LogP) is 5.85. The first-order valence-electron chi connectivity index (χ1n) is 9.41. The van der Waals surface area contributed by atoms with Gasteiger partial charge in [0.05, 0.1) is 11.0 Å². The number of hydrogen-bond acceptors (Lipinski definition) is 4. The lowest BCUT2D eigenvalue weighted by molar-refractivity contribution is -0.124. The molecule has 2 aromatic carbocycles. The third-order valence-electron chi connectivity index (χ3n) is 4.96. The van der Waals surface area contributed by atoms with E-state index in [4.69, 9.17) is 4.74 Å². The van der Waals surface area contributed by atoms with Gasteiger partial charge in [-0.25, -0.2) is 0 Å². The number of fused-ring (bicyclic) bond motifs is 1. The van der Waals surface area contributed by atoms with Crippen molar-refractivity contribution in [2.75, 3.05) is 0 Å². The molecule has 27 heavy (non-hydrogen) atoms. The molecule has 1 saturated heterocycles. The van der Waals surface area contributed by atoms with Crippen molar-refractivity contribution in [3.05, 3.63) is 46.9 Å². The first-order chi connectivity index (χ1) is 13.0. The third-order valence-corrected chi connectivity index (χ3v) is 5.85. The Morgan fingerprint density at radius 2 is 1.81 bits per heavy atom. The summed E-state index contributed by atoms with van der Waals surface area (Å²) in [4.78, 5) is 27.0. The van der Waals surface area contributed by atoms with E-state index in [0.29, 0.717) is 4.91 Å². The summed E-state index contributed by atoms with van der Waals surface area (Å²) < 4.78 is 6.11. The van der Waals surface area contributed by atoms with Crippen LogP contribution in [0.25, 0.3) is 16.8 Å². The summed E-state index contributed by atoms with van der Waals surface area (Å²) in [5.74, 6) is 0.514. The van der Waals surface area contributed by atoms with Gasteiger partial charge in [0.2, 0.25) is 0 Å². The van der Waals surface area contributed by atoms with E-state index in [1.165, 1.54) is 4.90 Å². The van der Waals surface area contributed by atoms with Crippen LogP contribution in [0.1, 0.15) is 46.1 Å². The SMILES string of the molecule is CC[C@H](C)Oc1ccc2ccccc2c1/C=C1/SC(=O)N([C@@H](C)CC)C1=O. The summed E-state index contributed by atoms with van der Waals surface area (Å²) in [5.41, 5.74) is 0.850. The average Bonchev–Trinajstić information content (AvgIpc) is 2.96. The second-order valence-electron chi connectivity index (χ2n) is 6.84. The number of rotatable bonds is 6. The maximum absolute atomic E-state index is 12.8. The zero-order valence-corrected chi connectivity index (χ0v) is 17.0. The summed E-state index contributed by atoms with van der Waals surface area (Å²) in [7, 11) is 0. The summed E-state index contributed by atoms with van der Waals surface area (Å²) in [5, 5.41) is 1.88. The summed E-state index contributed by atoms with van der Waals surface area (Å²) in [6.45, 7) is 7.97. The van der Waals surface area contributed by atoms with Crippen molar-refractivity contribution in [2.24, 2.45) is 0 Å². The minimum atomic E-state index is -0.221. The molecule has 1 fully saturated rings. The number of carbonyl (C=O) groups is 2. The minimum Gasteiger partial charge on any atom is -0.490 e. The zero-order valence-electron chi connectivity index (χ0n) is 16.2. The highest BCUT2D eigenvalue weighted by atomic mass is 32.2. The van der Waals surface area contributed by atoms with Crippen molar-refractivity contribution in [3.63, 3.8) is 0 Å². The maximum Gasteiger partial charge on any atom is 0.293 e. The Hall–Kier alpha value is -2.27. The molecule has 0 bridgehead atoms. The van der Waals surface area contributed by atoms with Crippen LogP contribution in [0.5, 0.6) is 5.75 Å². The fourth-order valence-electron chi connectivity index (χ4n) is 3.00. The molecule has 4 nitrogen and oxygen atoms in total. The lowest BCUT2D eigenvalue weighted by Gasteiger charge is -2.19. The number of carbonyl (C=O) groups excluding carboxylic acids is 2. The van der Waals surface area contributed by atoms with Crippen molar-refractivity contribution in [1.82, 2.24) is 4.90 Å². The molecule has 0 radical (unpaired) electrons. The van der Waals surface area contributed by atoms with Crippen LogP contribution >= 0.6 is 11.8 Å². The Bertz CT molecular complexity index is 906. The van der Waals surface area contributed by atoms with Crippen LogP contribution in [0.15, 0.2) is 41.3 Å². The van der Waals surface area contributed by atoms with Gasteiger partial charge in [-0.3, -0.25) is 14.5 Å². The lowest BCUT2D eigenvalue weighted by atomic mass is 10.0. The molecule has 0 unspecified atom stereocenters. The van der Waals surface area contributed by atoms with Crippen LogP contribution in [0.4, 0.5) is 4.79 Å². The molecular formula is C22H25NO3S. The van der Waals surface area contributed by atoms with E-state index < -0.39 is 0 Å². The molecule has 0 saturated carbocycles. The number of imide groups is 1. The Morgan fingerprint density at radius 1 is 1.07 bits per heavy atom. The molecule has 2 amide bonds. The van der Waals surface area contributed by atoms with Gasteiger partial charge in [-0.05, 0) is 61.4 Å². The maximum atomic E-state index is 12.8. The monoisotopic (exact) mass is 383 g/mol. The van der Waals surface area contributed by atoms with E-state index in [0.717, 1.165) is 46.7 Å². The van der Waals surface area contributed by atoms with Crippen LogP contribution in [-0.4, -0.2) is 28.2 Å². The number of thioether (sulfide) groups is 1. The number of ether oxygens (including phenoxy) is 1. The Labute approximate surface area is 164 Å². The Kier molecular flexibility index (Phi) is 5.90. The highest BCUT2D eigenvalue weighted by Crippen LogP contribution is 2.38. The van der Waals surface area contributed by atoms with Gasteiger partial charge in [-0.15, -0.1) is 0 Å². The molecule has 2 atom stereocenters.